The van der Waals surface area contributed by atoms with Crippen molar-refractivity contribution in [2.24, 2.45) is 28.7 Å². The molecule has 5 heteroatoms. The maximum atomic E-state index is 5.99. The molecule has 0 aromatic carbocycles. The summed E-state index contributed by atoms with van der Waals surface area (Å²) in [7, 11) is 0. The lowest BCUT2D eigenvalue weighted by Gasteiger charge is -2.22. The Morgan fingerprint density at radius 2 is 0.812 bits per heavy atom. The summed E-state index contributed by atoms with van der Waals surface area (Å²) >= 11 is 0. The molecule has 0 aliphatic rings. The van der Waals surface area contributed by atoms with E-state index in [1.54, 1.807) is 0 Å². The van der Waals surface area contributed by atoms with Crippen molar-refractivity contribution in [3.8, 4) is 0 Å². The van der Waals surface area contributed by atoms with Crippen LogP contribution >= 0.6 is 0 Å². The molecule has 0 fully saturated rings. The summed E-state index contributed by atoms with van der Waals surface area (Å²) < 4.78 is 0. The van der Waals surface area contributed by atoms with E-state index in [1.807, 2.05) is 13.8 Å². The van der Waals surface area contributed by atoms with E-state index in [4.69, 9.17) is 28.7 Å². The second-order valence-corrected chi connectivity index (χ2v) is 5.18. The van der Waals surface area contributed by atoms with Gasteiger partial charge in [0.15, 0.2) is 0 Å². The fourth-order valence-electron chi connectivity index (χ4n) is 2.02. The van der Waals surface area contributed by atoms with Gasteiger partial charge in [-0.05, 0) is 39.5 Å². The minimum atomic E-state index is 0.0440. The van der Waals surface area contributed by atoms with Crippen LogP contribution in [-0.4, -0.2) is 30.2 Å². The molecule has 0 radical (unpaired) electrons. The summed E-state index contributed by atoms with van der Waals surface area (Å²) in [6, 6.07) is 0.428. The molecule has 0 rings (SSSR count). The van der Waals surface area contributed by atoms with Gasteiger partial charge in [-0.15, -0.1) is 0 Å². The predicted octanol–water partition coefficient (Wildman–Crippen LogP) is -0.777. The van der Waals surface area contributed by atoms with Crippen LogP contribution < -0.4 is 28.7 Å². The maximum Gasteiger partial charge on any atom is 0.00683 e. The van der Waals surface area contributed by atoms with Gasteiger partial charge in [0.1, 0.15) is 0 Å². The standard InChI is InChI=1S/C11H29N5/c1-7(12)3-9(14)5-11(16)6-10(15)4-8(2)13/h7-11H,3-6,12-16H2,1-2H3. The molecule has 0 aliphatic heterocycles. The fraction of sp³-hybridized carbons (Fsp3) is 1.00. The highest BCUT2D eigenvalue weighted by Gasteiger charge is 2.15. The van der Waals surface area contributed by atoms with Gasteiger partial charge in [-0.25, -0.2) is 0 Å². The predicted molar refractivity (Wildman–Crippen MR) is 69.7 cm³/mol. The average molecular weight is 231 g/mol. The van der Waals surface area contributed by atoms with E-state index in [0.717, 1.165) is 25.7 Å². The van der Waals surface area contributed by atoms with Gasteiger partial charge in [0.2, 0.25) is 0 Å². The summed E-state index contributed by atoms with van der Waals surface area (Å²) in [5, 5.41) is 0. The van der Waals surface area contributed by atoms with Crippen LogP contribution in [0.4, 0.5) is 0 Å². The van der Waals surface area contributed by atoms with Crippen LogP contribution in [0.1, 0.15) is 39.5 Å². The first-order valence-electron chi connectivity index (χ1n) is 6.09. The van der Waals surface area contributed by atoms with Crippen LogP contribution in [0.2, 0.25) is 0 Å². The van der Waals surface area contributed by atoms with E-state index in [2.05, 4.69) is 0 Å². The molecular formula is C11H29N5. The maximum absolute atomic E-state index is 5.99. The zero-order valence-corrected chi connectivity index (χ0v) is 10.6. The highest BCUT2D eigenvalue weighted by atomic mass is 14.8. The monoisotopic (exact) mass is 231 g/mol. The van der Waals surface area contributed by atoms with Gasteiger partial charge in [-0.1, -0.05) is 0 Å². The molecular weight excluding hydrogens is 202 g/mol. The average Bonchev–Trinajstić information content (AvgIpc) is 1.97. The Hall–Kier alpha value is -0.200. The molecule has 0 aliphatic carbocycles. The van der Waals surface area contributed by atoms with Crippen molar-refractivity contribution >= 4 is 0 Å². The van der Waals surface area contributed by atoms with Gasteiger partial charge >= 0.3 is 0 Å². The molecule has 0 spiro atoms. The van der Waals surface area contributed by atoms with Crippen molar-refractivity contribution in [1.82, 2.24) is 0 Å². The zero-order valence-electron chi connectivity index (χ0n) is 10.6. The summed E-state index contributed by atoms with van der Waals surface area (Å²) in [6.45, 7) is 3.90. The van der Waals surface area contributed by atoms with Crippen molar-refractivity contribution in [3.05, 3.63) is 0 Å². The van der Waals surface area contributed by atoms with E-state index in [1.165, 1.54) is 0 Å². The Balaban J connectivity index is 3.75. The Morgan fingerprint density at radius 3 is 1.06 bits per heavy atom. The van der Waals surface area contributed by atoms with Gasteiger partial charge in [0.25, 0.3) is 0 Å². The highest BCUT2D eigenvalue weighted by Crippen LogP contribution is 2.07. The Kier molecular flexibility index (Phi) is 7.87. The molecule has 0 saturated heterocycles. The number of hydrogen-bond donors (Lipinski definition) is 5. The van der Waals surface area contributed by atoms with Crippen LogP contribution in [0.5, 0.6) is 0 Å². The lowest BCUT2D eigenvalue weighted by Crippen LogP contribution is -2.40. The van der Waals surface area contributed by atoms with E-state index in [0.29, 0.717) is 0 Å². The van der Waals surface area contributed by atoms with Crippen LogP contribution in [0.25, 0.3) is 0 Å². The van der Waals surface area contributed by atoms with Gasteiger partial charge < -0.3 is 28.7 Å². The van der Waals surface area contributed by atoms with Gasteiger partial charge in [0, 0.05) is 30.2 Å². The Labute approximate surface area is 99.1 Å². The zero-order chi connectivity index (χ0) is 12.7. The molecule has 10 N–H and O–H groups in total. The van der Waals surface area contributed by atoms with E-state index < -0.39 is 0 Å². The van der Waals surface area contributed by atoms with Crippen molar-refractivity contribution in [2.45, 2.75) is 69.7 Å². The highest BCUT2D eigenvalue weighted by molar-refractivity contribution is 4.78. The third-order valence-electron chi connectivity index (χ3n) is 2.56. The van der Waals surface area contributed by atoms with Crippen molar-refractivity contribution < 1.29 is 0 Å². The van der Waals surface area contributed by atoms with Gasteiger partial charge in [0.05, 0.1) is 0 Å². The minimum Gasteiger partial charge on any atom is -0.328 e. The van der Waals surface area contributed by atoms with Crippen LogP contribution in [-0.2, 0) is 0 Å². The SMILES string of the molecule is CC(N)CC(N)CC(N)CC(N)CC(C)N. The summed E-state index contributed by atoms with van der Waals surface area (Å²) in [6.07, 6.45) is 3.15. The van der Waals surface area contributed by atoms with Gasteiger partial charge in [-0.3, -0.25) is 0 Å². The third kappa shape index (κ3) is 9.06. The molecule has 0 bridgehead atoms. The van der Waals surface area contributed by atoms with Crippen LogP contribution in [0, 0.1) is 0 Å². The molecule has 0 aromatic heterocycles. The summed E-state index contributed by atoms with van der Waals surface area (Å²) in [5.74, 6) is 0. The molecule has 4 atom stereocenters. The lowest BCUT2D eigenvalue weighted by atomic mass is 9.95. The number of rotatable bonds is 8. The molecule has 0 amide bonds. The molecule has 4 unspecified atom stereocenters. The quantitative estimate of drug-likeness (QED) is 0.374. The smallest absolute Gasteiger partial charge is 0.00683 e. The molecule has 0 heterocycles. The van der Waals surface area contributed by atoms with Crippen molar-refractivity contribution in [1.29, 1.82) is 0 Å². The topological polar surface area (TPSA) is 130 Å². The second-order valence-electron chi connectivity index (χ2n) is 5.18. The normalized spacial score (nSPS) is 21.2. The largest absolute Gasteiger partial charge is 0.328 e. The summed E-state index contributed by atoms with van der Waals surface area (Å²) in [5.41, 5.74) is 29.2. The number of hydrogen-bond acceptors (Lipinski definition) is 5. The molecule has 5 nitrogen and oxygen atoms in total. The Morgan fingerprint density at radius 1 is 0.562 bits per heavy atom. The third-order valence-corrected chi connectivity index (χ3v) is 2.56. The fourth-order valence-corrected chi connectivity index (χ4v) is 2.02. The minimum absolute atomic E-state index is 0.0440. The van der Waals surface area contributed by atoms with E-state index in [-0.39, 0.29) is 30.2 Å². The van der Waals surface area contributed by atoms with Crippen molar-refractivity contribution in [3.63, 3.8) is 0 Å². The molecule has 0 saturated carbocycles. The Bertz CT molecular complexity index is 154. The lowest BCUT2D eigenvalue weighted by molar-refractivity contribution is 0.411. The summed E-state index contributed by atoms with van der Waals surface area (Å²) in [4.78, 5) is 0. The first kappa shape index (κ1) is 15.8. The van der Waals surface area contributed by atoms with Crippen LogP contribution in [0.15, 0.2) is 0 Å². The first-order chi connectivity index (χ1) is 7.31. The van der Waals surface area contributed by atoms with Gasteiger partial charge in [-0.2, -0.15) is 0 Å². The molecule has 98 valence electrons. The molecule has 0 aromatic rings. The second kappa shape index (κ2) is 7.97. The molecule has 16 heavy (non-hydrogen) atoms. The number of nitrogens with two attached hydrogens (primary N) is 5. The first-order valence-corrected chi connectivity index (χ1v) is 6.09. The van der Waals surface area contributed by atoms with Crippen LogP contribution in [0.3, 0.4) is 0 Å². The van der Waals surface area contributed by atoms with Crippen molar-refractivity contribution in [2.75, 3.05) is 0 Å². The van der Waals surface area contributed by atoms with E-state index in [9.17, 15) is 0 Å². The van der Waals surface area contributed by atoms with E-state index >= 15 is 0 Å².